The van der Waals surface area contributed by atoms with Gasteiger partial charge in [-0.3, -0.25) is 9.88 Å². The number of amidine groups is 1. The van der Waals surface area contributed by atoms with Crippen LogP contribution in [0.2, 0.25) is 0 Å². The number of hydrogen-bond donors (Lipinski definition) is 1. The van der Waals surface area contributed by atoms with Crippen LogP contribution >= 0.6 is 0 Å². The van der Waals surface area contributed by atoms with Crippen molar-refractivity contribution in [1.29, 1.82) is 0 Å². The molecule has 16 heavy (non-hydrogen) atoms. The summed E-state index contributed by atoms with van der Waals surface area (Å²) in [7, 11) is 0. The summed E-state index contributed by atoms with van der Waals surface area (Å²) in [5, 5.41) is 3.24. The van der Waals surface area contributed by atoms with Gasteiger partial charge in [0.15, 0.2) is 0 Å². The fourth-order valence-electron chi connectivity index (χ4n) is 1.34. The van der Waals surface area contributed by atoms with Gasteiger partial charge in [-0.05, 0) is 16.8 Å². The molecule has 1 aromatic rings. The molecule has 2 aliphatic heterocycles. The number of allylic oxidation sites excluding steroid dienone is 1. The van der Waals surface area contributed by atoms with Crippen molar-refractivity contribution < 1.29 is 9.88 Å². The lowest BCUT2D eigenvalue weighted by Gasteiger charge is -1.94. The van der Waals surface area contributed by atoms with Crippen molar-refractivity contribution in [2.75, 3.05) is 0 Å². The average Bonchev–Trinajstić information content (AvgIpc) is 2.75. The second kappa shape index (κ2) is 4.97. The van der Waals surface area contributed by atoms with Gasteiger partial charge in [-0.2, -0.15) is 4.99 Å². The van der Waals surface area contributed by atoms with Crippen LogP contribution in [0.1, 0.15) is 11.1 Å². The summed E-state index contributed by atoms with van der Waals surface area (Å²) in [5.74, 6) is 0.676. The minimum Gasteiger partial charge on any atom is -0.383 e. The molecule has 0 unspecified atom stereocenters. The first kappa shape index (κ1) is 10.2. The zero-order chi connectivity index (χ0) is 11.2. The van der Waals surface area contributed by atoms with E-state index in [1.54, 1.807) is 6.08 Å². The van der Waals surface area contributed by atoms with Crippen LogP contribution in [0.25, 0.3) is 0 Å². The van der Waals surface area contributed by atoms with Gasteiger partial charge in [0.1, 0.15) is 12.1 Å². The average molecular weight is 217 g/mol. The SMILES string of the molecule is C1=COON=C1.NC1=NCc2ccccc21. The largest absolute Gasteiger partial charge is 0.383 e. The Morgan fingerprint density at radius 3 is 2.69 bits per heavy atom. The Hall–Kier alpha value is -2.30. The number of fused-ring (bicyclic) bond motifs is 1. The van der Waals surface area contributed by atoms with Crippen molar-refractivity contribution in [2.45, 2.75) is 6.54 Å². The Morgan fingerprint density at radius 1 is 1.25 bits per heavy atom. The summed E-state index contributed by atoms with van der Waals surface area (Å²) < 4.78 is 0. The molecular weight excluding hydrogens is 206 g/mol. The topological polar surface area (TPSA) is 69.2 Å². The van der Waals surface area contributed by atoms with E-state index in [4.69, 9.17) is 5.73 Å². The number of oxime groups is 1. The lowest BCUT2D eigenvalue weighted by atomic mass is 10.1. The molecule has 5 heteroatoms. The van der Waals surface area contributed by atoms with Crippen LogP contribution in [0.3, 0.4) is 0 Å². The first-order valence-corrected chi connectivity index (χ1v) is 4.77. The van der Waals surface area contributed by atoms with Crippen molar-refractivity contribution >= 4 is 12.1 Å². The van der Waals surface area contributed by atoms with E-state index in [1.807, 2.05) is 18.2 Å². The molecule has 0 fully saturated rings. The van der Waals surface area contributed by atoms with Gasteiger partial charge in [0.05, 0.1) is 12.8 Å². The maximum atomic E-state index is 5.60. The van der Waals surface area contributed by atoms with Crippen LogP contribution in [0, 0.1) is 0 Å². The van der Waals surface area contributed by atoms with Gasteiger partial charge in [0.2, 0.25) is 0 Å². The Morgan fingerprint density at radius 2 is 2.12 bits per heavy atom. The smallest absolute Gasteiger partial charge is 0.147 e. The number of aliphatic imine (C=N–C) groups is 1. The quantitative estimate of drug-likeness (QED) is 0.667. The number of nitrogens with zero attached hydrogens (tertiary/aromatic N) is 2. The van der Waals surface area contributed by atoms with E-state index in [1.165, 1.54) is 18.0 Å². The standard InChI is InChI=1S/C8H8N2.C3H3NO2/c9-8-7-4-2-1-3-6(7)5-10-8;1-2-4-6-5-3-1/h1-4H,5H2,(H2,9,10);1-3H. The molecule has 1 aromatic carbocycles. The molecule has 82 valence electrons. The normalized spacial score (nSPS) is 15.1. The first-order valence-electron chi connectivity index (χ1n) is 4.77. The van der Waals surface area contributed by atoms with E-state index in [2.05, 4.69) is 26.1 Å². The summed E-state index contributed by atoms with van der Waals surface area (Å²) in [5.41, 5.74) is 7.93. The molecule has 0 saturated heterocycles. The third-order valence-corrected chi connectivity index (χ3v) is 2.08. The van der Waals surface area contributed by atoms with Gasteiger partial charge in [-0.25, -0.2) is 0 Å². The molecule has 0 amide bonds. The van der Waals surface area contributed by atoms with Gasteiger partial charge in [0.25, 0.3) is 0 Å². The highest BCUT2D eigenvalue weighted by molar-refractivity contribution is 6.00. The van der Waals surface area contributed by atoms with E-state index in [0.29, 0.717) is 5.84 Å². The predicted molar refractivity (Wildman–Crippen MR) is 60.7 cm³/mol. The van der Waals surface area contributed by atoms with Gasteiger partial charge in [0, 0.05) is 5.56 Å². The molecule has 2 heterocycles. The Bertz CT molecular complexity index is 440. The van der Waals surface area contributed by atoms with Crippen LogP contribution in [0.4, 0.5) is 0 Å². The summed E-state index contributed by atoms with van der Waals surface area (Å²) in [6, 6.07) is 8.04. The monoisotopic (exact) mass is 217 g/mol. The molecule has 2 N–H and O–H groups in total. The molecular formula is C11H11N3O2. The van der Waals surface area contributed by atoms with E-state index in [-0.39, 0.29) is 0 Å². The summed E-state index contributed by atoms with van der Waals surface area (Å²) in [6.07, 6.45) is 4.51. The predicted octanol–water partition coefficient (Wildman–Crippen LogP) is 1.35. The molecule has 0 atom stereocenters. The second-order valence-corrected chi connectivity index (χ2v) is 3.11. The van der Waals surface area contributed by atoms with E-state index in [0.717, 1.165) is 12.1 Å². The minimum absolute atomic E-state index is 0.676. The van der Waals surface area contributed by atoms with E-state index in [9.17, 15) is 0 Å². The Balaban J connectivity index is 0.000000138. The van der Waals surface area contributed by atoms with Crippen LogP contribution < -0.4 is 5.73 Å². The number of hydrogen-bond acceptors (Lipinski definition) is 5. The highest BCUT2D eigenvalue weighted by atomic mass is 17.3. The Kier molecular flexibility index (Phi) is 3.18. The highest BCUT2D eigenvalue weighted by Crippen LogP contribution is 2.15. The lowest BCUT2D eigenvalue weighted by Crippen LogP contribution is -2.09. The maximum absolute atomic E-state index is 5.60. The third-order valence-electron chi connectivity index (χ3n) is 2.08. The van der Waals surface area contributed by atoms with Crippen molar-refractivity contribution in [2.24, 2.45) is 15.9 Å². The van der Waals surface area contributed by atoms with Gasteiger partial charge >= 0.3 is 0 Å². The molecule has 3 rings (SSSR count). The summed E-state index contributed by atoms with van der Waals surface area (Å²) >= 11 is 0. The molecule has 2 aliphatic rings. The minimum atomic E-state index is 0.676. The Labute approximate surface area is 92.8 Å². The molecule has 0 bridgehead atoms. The zero-order valence-corrected chi connectivity index (χ0v) is 8.54. The molecule has 5 nitrogen and oxygen atoms in total. The number of benzene rings is 1. The van der Waals surface area contributed by atoms with Crippen molar-refractivity contribution in [3.63, 3.8) is 0 Å². The van der Waals surface area contributed by atoms with Crippen molar-refractivity contribution in [3.05, 3.63) is 47.7 Å². The third kappa shape index (κ3) is 2.38. The highest BCUT2D eigenvalue weighted by Gasteiger charge is 2.09. The molecule has 0 spiro atoms. The van der Waals surface area contributed by atoms with Crippen molar-refractivity contribution in [1.82, 2.24) is 0 Å². The van der Waals surface area contributed by atoms with Gasteiger partial charge in [-0.15, -0.1) is 0 Å². The number of rotatable bonds is 0. The summed E-state index contributed by atoms with van der Waals surface area (Å²) in [4.78, 5) is 12.3. The lowest BCUT2D eigenvalue weighted by molar-refractivity contribution is -0.251. The molecule has 0 radical (unpaired) electrons. The molecule has 0 saturated carbocycles. The van der Waals surface area contributed by atoms with Crippen LogP contribution in [0.15, 0.2) is 46.8 Å². The van der Waals surface area contributed by atoms with Gasteiger partial charge < -0.3 is 5.73 Å². The zero-order valence-electron chi connectivity index (χ0n) is 8.54. The first-order chi connectivity index (χ1) is 7.88. The summed E-state index contributed by atoms with van der Waals surface area (Å²) in [6.45, 7) is 0.752. The van der Waals surface area contributed by atoms with E-state index < -0.39 is 0 Å². The van der Waals surface area contributed by atoms with Crippen LogP contribution in [-0.2, 0) is 16.4 Å². The fraction of sp³-hybridized carbons (Fsp3) is 0.0909. The van der Waals surface area contributed by atoms with Crippen LogP contribution in [0.5, 0.6) is 0 Å². The molecule has 0 aliphatic carbocycles. The van der Waals surface area contributed by atoms with Gasteiger partial charge in [-0.1, -0.05) is 24.3 Å². The fourth-order valence-corrected chi connectivity index (χ4v) is 1.34. The maximum Gasteiger partial charge on any atom is 0.147 e. The number of nitrogens with two attached hydrogens (primary N) is 1. The molecule has 0 aromatic heterocycles. The second-order valence-electron chi connectivity index (χ2n) is 3.11. The van der Waals surface area contributed by atoms with E-state index >= 15 is 0 Å². The van der Waals surface area contributed by atoms with Crippen LogP contribution in [-0.4, -0.2) is 12.1 Å². The van der Waals surface area contributed by atoms with Crippen molar-refractivity contribution in [3.8, 4) is 0 Å².